The van der Waals surface area contributed by atoms with Gasteiger partial charge in [-0.15, -0.1) is 0 Å². The number of rotatable bonds is 7. The van der Waals surface area contributed by atoms with Crippen molar-refractivity contribution in [2.24, 2.45) is 5.73 Å². The molecule has 0 aromatic heterocycles. The van der Waals surface area contributed by atoms with Crippen molar-refractivity contribution in [2.75, 3.05) is 5.32 Å². The molecule has 2 atom stereocenters. The third-order valence-corrected chi connectivity index (χ3v) is 4.56. The van der Waals surface area contributed by atoms with Gasteiger partial charge in [-0.1, -0.05) is 60.7 Å². The maximum Gasteiger partial charge on any atom is 0.329 e. The van der Waals surface area contributed by atoms with Crippen LogP contribution >= 0.6 is 0 Å². The molecule has 0 aliphatic carbocycles. The Kier molecular flexibility index (Phi) is 6.64. The van der Waals surface area contributed by atoms with Gasteiger partial charge < -0.3 is 21.1 Å². The van der Waals surface area contributed by atoms with Crippen LogP contribution < -0.4 is 16.4 Å². The largest absolute Gasteiger partial charge is 0.451 e. The van der Waals surface area contributed by atoms with Crippen LogP contribution in [-0.2, 0) is 20.7 Å². The number of benzene rings is 3. The van der Waals surface area contributed by atoms with Crippen LogP contribution in [0.1, 0.15) is 12.5 Å². The first-order valence-corrected chi connectivity index (χ1v) is 9.52. The lowest BCUT2D eigenvalue weighted by atomic mass is 10.1. The van der Waals surface area contributed by atoms with Crippen molar-refractivity contribution in [1.82, 2.24) is 5.32 Å². The van der Waals surface area contributed by atoms with Crippen LogP contribution in [0.2, 0.25) is 0 Å². The number of carbonyl (C=O) groups excluding carboxylic acids is 3. The number of fused-ring (bicyclic) bond motifs is 1. The highest BCUT2D eigenvalue weighted by Crippen LogP contribution is 2.19. The summed E-state index contributed by atoms with van der Waals surface area (Å²) in [6, 6.07) is 20.6. The number of amides is 3. The molecule has 0 saturated heterocycles. The summed E-state index contributed by atoms with van der Waals surface area (Å²) in [4.78, 5) is 36.3. The number of primary amides is 1. The topological polar surface area (TPSA) is 111 Å². The van der Waals surface area contributed by atoms with E-state index in [-0.39, 0.29) is 6.42 Å². The van der Waals surface area contributed by atoms with Crippen molar-refractivity contribution >= 4 is 34.4 Å². The number of hydrogen-bond acceptors (Lipinski definition) is 4. The molecule has 0 heterocycles. The van der Waals surface area contributed by atoms with Gasteiger partial charge in [0, 0.05) is 12.1 Å². The van der Waals surface area contributed by atoms with E-state index in [9.17, 15) is 14.4 Å². The minimum absolute atomic E-state index is 0.196. The maximum atomic E-state index is 12.6. The van der Waals surface area contributed by atoms with Crippen LogP contribution in [0.15, 0.2) is 72.8 Å². The second kappa shape index (κ2) is 9.56. The summed E-state index contributed by atoms with van der Waals surface area (Å²) < 4.78 is 5.29. The number of anilines is 1. The van der Waals surface area contributed by atoms with Crippen molar-refractivity contribution < 1.29 is 19.1 Å². The zero-order valence-corrected chi connectivity index (χ0v) is 16.5. The van der Waals surface area contributed by atoms with Gasteiger partial charge in [0.15, 0.2) is 6.10 Å². The van der Waals surface area contributed by atoms with Gasteiger partial charge in [0.05, 0.1) is 0 Å². The average Bonchev–Trinajstić information content (AvgIpc) is 2.73. The summed E-state index contributed by atoms with van der Waals surface area (Å²) in [5, 5.41) is 7.15. The van der Waals surface area contributed by atoms with Crippen LogP contribution in [0.25, 0.3) is 10.8 Å². The van der Waals surface area contributed by atoms with Gasteiger partial charge in [-0.25, -0.2) is 9.59 Å². The highest BCUT2D eigenvalue weighted by atomic mass is 16.5. The van der Waals surface area contributed by atoms with Gasteiger partial charge in [0.2, 0.25) is 0 Å². The van der Waals surface area contributed by atoms with Crippen LogP contribution in [-0.4, -0.2) is 30.1 Å². The molecule has 3 aromatic carbocycles. The van der Waals surface area contributed by atoms with Crippen molar-refractivity contribution in [3.05, 3.63) is 78.4 Å². The Morgan fingerprint density at radius 1 is 0.933 bits per heavy atom. The fourth-order valence-corrected chi connectivity index (χ4v) is 3.04. The molecule has 30 heavy (non-hydrogen) atoms. The molecule has 0 spiro atoms. The predicted octanol–water partition coefficient (Wildman–Crippen LogP) is 2.99. The van der Waals surface area contributed by atoms with Gasteiger partial charge in [-0.3, -0.25) is 4.79 Å². The first-order chi connectivity index (χ1) is 14.4. The van der Waals surface area contributed by atoms with Crippen molar-refractivity contribution in [1.29, 1.82) is 0 Å². The summed E-state index contributed by atoms with van der Waals surface area (Å²) in [5.41, 5.74) is 6.60. The molecule has 7 heteroatoms. The number of nitrogens with one attached hydrogen (secondary N) is 2. The number of hydrogen-bond donors (Lipinski definition) is 3. The molecule has 0 fully saturated rings. The van der Waals surface area contributed by atoms with E-state index in [0.29, 0.717) is 5.69 Å². The number of nitrogens with two attached hydrogens (primary N) is 1. The minimum atomic E-state index is -1.06. The summed E-state index contributed by atoms with van der Waals surface area (Å²) in [7, 11) is 0. The first-order valence-electron chi connectivity index (χ1n) is 9.52. The molecule has 0 unspecified atom stereocenters. The Morgan fingerprint density at radius 2 is 1.60 bits per heavy atom. The van der Waals surface area contributed by atoms with Crippen LogP contribution in [0.5, 0.6) is 0 Å². The molecule has 7 nitrogen and oxygen atoms in total. The zero-order chi connectivity index (χ0) is 21.5. The molecule has 0 radical (unpaired) electrons. The predicted molar refractivity (Wildman–Crippen MR) is 115 cm³/mol. The van der Waals surface area contributed by atoms with E-state index < -0.39 is 30.1 Å². The number of urea groups is 1. The molecule has 3 rings (SSSR count). The normalized spacial score (nSPS) is 12.6. The molecule has 0 bridgehead atoms. The molecule has 3 aromatic rings. The summed E-state index contributed by atoms with van der Waals surface area (Å²) >= 11 is 0. The molecule has 0 aliphatic rings. The molecule has 3 amide bonds. The Bertz CT molecular complexity index is 1050. The van der Waals surface area contributed by atoms with Crippen molar-refractivity contribution in [3.8, 4) is 0 Å². The molecule has 0 aliphatic heterocycles. The van der Waals surface area contributed by atoms with Gasteiger partial charge in [0.1, 0.15) is 6.04 Å². The highest BCUT2D eigenvalue weighted by Gasteiger charge is 2.26. The Balaban J connectivity index is 1.63. The van der Waals surface area contributed by atoms with Gasteiger partial charge in [0.25, 0.3) is 5.91 Å². The van der Waals surface area contributed by atoms with E-state index in [1.807, 2.05) is 66.7 Å². The number of ether oxygens (including phenoxy) is 1. The second-order valence-corrected chi connectivity index (χ2v) is 6.88. The lowest BCUT2D eigenvalue weighted by molar-refractivity contribution is -0.155. The van der Waals surface area contributed by atoms with Crippen molar-refractivity contribution in [2.45, 2.75) is 25.5 Å². The fourth-order valence-electron chi connectivity index (χ4n) is 3.04. The molecule has 154 valence electrons. The van der Waals surface area contributed by atoms with Gasteiger partial charge in [-0.05, 0) is 35.4 Å². The van der Waals surface area contributed by atoms with Gasteiger partial charge >= 0.3 is 12.0 Å². The van der Waals surface area contributed by atoms with E-state index in [1.54, 1.807) is 6.07 Å². The van der Waals surface area contributed by atoms with Crippen LogP contribution in [0.4, 0.5) is 10.5 Å². The molecule has 0 saturated carbocycles. The number of esters is 1. The van der Waals surface area contributed by atoms with E-state index >= 15 is 0 Å². The Morgan fingerprint density at radius 3 is 2.30 bits per heavy atom. The van der Waals surface area contributed by atoms with Crippen LogP contribution in [0, 0.1) is 0 Å². The summed E-state index contributed by atoms with van der Waals surface area (Å²) in [6.07, 6.45) is -0.862. The summed E-state index contributed by atoms with van der Waals surface area (Å²) in [5.74, 6) is -1.21. The SMILES string of the molecule is C[C@H](OC(=O)[C@H](Cc1ccccc1)NC(N)=O)C(=O)Nc1ccc2ccccc2c1. The van der Waals surface area contributed by atoms with E-state index in [4.69, 9.17) is 10.5 Å². The Hall–Kier alpha value is -3.87. The molecular weight excluding hydrogens is 382 g/mol. The average molecular weight is 405 g/mol. The quantitative estimate of drug-likeness (QED) is 0.525. The van der Waals surface area contributed by atoms with Gasteiger partial charge in [-0.2, -0.15) is 0 Å². The van der Waals surface area contributed by atoms with Crippen LogP contribution in [0.3, 0.4) is 0 Å². The fraction of sp³-hybridized carbons (Fsp3) is 0.174. The van der Waals surface area contributed by atoms with E-state index in [1.165, 1.54) is 6.92 Å². The molecule has 4 N–H and O–H groups in total. The Labute approximate surface area is 174 Å². The monoisotopic (exact) mass is 405 g/mol. The van der Waals surface area contributed by atoms with Crippen molar-refractivity contribution in [3.63, 3.8) is 0 Å². The standard InChI is InChI=1S/C23H23N3O4/c1-15(21(27)25-19-12-11-17-9-5-6-10-18(17)14-19)30-22(28)20(26-23(24)29)13-16-7-3-2-4-8-16/h2-12,14-15,20H,13H2,1H3,(H,25,27)(H3,24,26,29)/t15-,20-/m0/s1. The lowest BCUT2D eigenvalue weighted by Gasteiger charge is -2.20. The second-order valence-electron chi connectivity index (χ2n) is 6.88. The molecular formula is C23H23N3O4. The van der Waals surface area contributed by atoms with E-state index in [0.717, 1.165) is 16.3 Å². The maximum absolute atomic E-state index is 12.6. The third-order valence-electron chi connectivity index (χ3n) is 4.56. The highest BCUT2D eigenvalue weighted by molar-refractivity contribution is 5.97. The zero-order valence-electron chi connectivity index (χ0n) is 16.5. The van der Waals surface area contributed by atoms with E-state index in [2.05, 4.69) is 10.6 Å². The summed E-state index contributed by atoms with van der Waals surface area (Å²) in [6.45, 7) is 1.47. The third kappa shape index (κ3) is 5.57. The lowest BCUT2D eigenvalue weighted by Crippen LogP contribution is -2.47. The minimum Gasteiger partial charge on any atom is -0.451 e. The number of carbonyl (C=O) groups is 3. The smallest absolute Gasteiger partial charge is 0.329 e. The first kappa shape index (κ1) is 20.9.